The molecule has 30 heavy (non-hydrogen) atoms. The number of nitrogens with one attached hydrogen (secondary N) is 1. The van der Waals surface area contributed by atoms with Crippen molar-refractivity contribution in [3.05, 3.63) is 0 Å². The number of amides is 1. The fraction of sp³-hybridized carbons (Fsp3) is 0.958. The summed E-state index contributed by atoms with van der Waals surface area (Å²) in [5, 5.41) is 3.26. The first-order valence-electron chi connectivity index (χ1n) is 12.3. The maximum absolute atomic E-state index is 12.8. The number of rotatable bonds is 3. The predicted octanol–water partition coefficient (Wildman–Crippen LogP) is 5.62. The van der Waals surface area contributed by atoms with Gasteiger partial charge in [-0.3, -0.25) is 4.90 Å². The summed E-state index contributed by atoms with van der Waals surface area (Å²) >= 11 is 0. The van der Waals surface area contributed by atoms with Crippen LogP contribution < -0.4 is 5.32 Å². The Morgan fingerprint density at radius 3 is 2.43 bits per heavy atom. The van der Waals surface area contributed by atoms with E-state index in [1.807, 2.05) is 20.8 Å². The molecule has 1 amide bonds. The number of hydrogen-bond donors (Lipinski definition) is 1. The molecule has 1 heterocycles. The molecule has 6 atom stereocenters. The van der Waals surface area contributed by atoms with Crippen molar-refractivity contribution in [1.82, 2.24) is 10.2 Å². The smallest absolute Gasteiger partial charge is 0.408 e. The molecule has 2 rings (SSSR count). The Morgan fingerprint density at radius 1 is 1.13 bits per heavy atom. The number of alkyl carbamates (subject to hydrolysis) is 1. The Hall–Kier alpha value is -0.745. The van der Waals surface area contributed by atoms with Crippen molar-refractivity contribution in [2.45, 2.75) is 117 Å². The summed E-state index contributed by atoms with van der Waals surface area (Å²) in [6, 6.07) is 0.319. The van der Waals surface area contributed by atoms with E-state index in [-0.39, 0.29) is 18.1 Å². The first-order chi connectivity index (χ1) is 14.1. The molecular weight excluding hydrogens is 375 g/mol. The number of nitrogens with zero attached hydrogens (tertiary/aromatic N) is 1. The zero-order valence-corrected chi connectivity index (χ0v) is 20.6. The standard InChI is InChI=1S/C24H46BN2O3/c1-8-27-19(4)18(3)16-29-25-21(22(27)26-23(28)30-24(5,6)7)20-14-12-10-9-11-13-17(2)15-20/h17-22H,8-16H2,1-7H3,(H,26,28). The normalized spacial score (nSPS) is 35.0. The molecule has 1 aliphatic heterocycles. The summed E-state index contributed by atoms with van der Waals surface area (Å²) < 4.78 is 11.8. The van der Waals surface area contributed by atoms with Crippen molar-refractivity contribution in [3.8, 4) is 0 Å². The highest BCUT2D eigenvalue weighted by atomic mass is 16.6. The van der Waals surface area contributed by atoms with Crippen molar-refractivity contribution in [2.75, 3.05) is 13.2 Å². The molecule has 1 aliphatic carbocycles. The molecule has 1 radical (unpaired) electrons. The van der Waals surface area contributed by atoms with E-state index in [1.165, 1.54) is 44.9 Å². The van der Waals surface area contributed by atoms with Gasteiger partial charge in [-0.25, -0.2) is 4.79 Å². The van der Waals surface area contributed by atoms with Crippen LogP contribution in [0, 0.1) is 17.8 Å². The molecule has 2 fully saturated rings. The lowest BCUT2D eigenvalue weighted by Crippen LogP contribution is -2.59. The number of carbonyl (C=O) groups is 1. The molecule has 2 aliphatic rings. The molecule has 1 saturated heterocycles. The first kappa shape index (κ1) is 25.5. The summed E-state index contributed by atoms with van der Waals surface area (Å²) in [4.78, 5) is 15.3. The summed E-state index contributed by atoms with van der Waals surface area (Å²) in [7, 11) is 2.06. The minimum absolute atomic E-state index is 0.111. The lowest BCUT2D eigenvalue weighted by Gasteiger charge is -2.46. The maximum atomic E-state index is 12.8. The SMILES string of the molecule is CCN1C(C)C(C)CO[B]C(C2CCCCCCC(C)C2)C1NC(=O)OC(C)(C)C. The van der Waals surface area contributed by atoms with Crippen LogP contribution in [0.5, 0.6) is 0 Å². The van der Waals surface area contributed by atoms with Crippen LogP contribution in [-0.4, -0.2) is 49.4 Å². The molecule has 0 aromatic rings. The zero-order chi connectivity index (χ0) is 22.3. The Kier molecular flexibility index (Phi) is 10.00. The van der Waals surface area contributed by atoms with E-state index in [2.05, 4.69) is 45.4 Å². The largest absolute Gasteiger partial charge is 0.444 e. The molecule has 5 nitrogen and oxygen atoms in total. The lowest BCUT2D eigenvalue weighted by atomic mass is 9.64. The Balaban J connectivity index is 2.31. The van der Waals surface area contributed by atoms with Crippen molar-refractivity contribution >= 4 is 13.6 Å². The van der Waals surface area contributed by atoms with Gasteiger partial charge in [0.05, 0.1) is 6.17 Å². The highest BCUT2D eigenvalue weighted by Gasteiger charge is 2.40. The van der Waals surface area contributed by atoms with Crippen LogP contribution in [0.25, 0.3) is 0 Å². The van der Waals surface area contributed by atoms with Crippen LogP contribution in [0.15, 0.2) is 0 Å². The minimum Gasteiger partial charge on any atom is -0.444 e. The Morgan fingerprint density at radius 2 is 1.80 bits per heavy atom. The summed E-state index contributed by atoms with van der Waals surface area (Å²) in [6.07, 6.45) is 8.51. The average molecular weight is 421 g/mol. The molecule has 1 N–H and O–H groups in total. The third-order valence-electron chi connectivity index (χ3n) is 6.98. The van der Waals surface area contributed by atoms with Crippen molar-refractivity contribution < 1.29 is 14.2 Å². The Bertz CT molecular complexity index is 525. The maximum Gasteiger partial charge on any atom is 0.408 e. The number of hydrogen-bond acceptors (Lipinski definition) is 4. The first-order valence-corrected chi connectivity index (χ1v) is 12.3. The number of ether oxygens (including phenoxy) is 1. The zero-order valence-electron chi connectivity index (χ0n) is 20.6. The molecule has 6 unspecified atom stereocenters. The van der Waals surface area contributed by atoms with E-state index in [4.69, 9.17) is 9.39 Å². The Labute approximate surface area is 186 Å². The van der Waals surface area contributed by atoms with Crippen LogP contribution in [0.2, 0.25) is 5.82 Å². The van der Waals surface area contributed by atoms with Crippen LogP contribution in [0.3, 0.4) is 0 Å². The van der Waals surface area contributed by atoms with Crippen LogP contribution in [0.1, 0.15) is 93.4 Å². The highest BCUT2D eigenvalue weighted by Crippen LogP contribution is 2.38. The number of carbonyl (C=O) groups excluding carboxylic acids is 1. The van der Waals surface area contributed by atoms with Gasteiger partial charge in [0.2, 0.25) is 0 Å². The van der Waals surface area contributed by atoms with Crippen molar-refractivity contribution in [1.29, 1.82) is 0 Å². The quantitative estimate of drug-likeness (QED) is 0.601. The van der Waals surface area contributed by atoms with Crippen LogP contribution in [-0.2, 0) is 9.39 Å². The van der Waals surface area contributed by atoms with Gasteiger partial charge in [0, 0.05) is 12.6 Å². The van der Waals surface area contributed by atoms with E-state index in [1.54, 1.807) is 0 Å². The fourth-order valence-electron chi connectivity index (χ4n) is 5.15. The van der Waals surface area contributed by atoms with Gasteiger partial charge in [-0.05, 0) is 64.2 Å². The molecule has 0 aromatic carbocycles. The van der Waals surface area contributed by atoms with Gasteiger partial charge in [-0.2, -0.15) is 0 Å². The van der Waals surface area contributed by atoms with Gasteiger partial charge < -0.3 is 14.7 Å². The van der Waals surface area contributed by atoms with Gasteiger partial charge >= 0.3 is 6.09 Å². The molecule has 1 saturated carbocycles. The van der Waals surface area contributed by atoms with Crippen LogP contribution in [0.4, 0.5) is 4.79 Å². The third kappa shape index (κ3) is 7.74. The molecular formula is C24H46BN2O3. The third-order valence-corrected chi connectivity index (χ3v) is 6.98. The lowest BCUT2D eigenvalue weighted by molar-refractivity contribution is 0.0163. The predicted molar refractivity (Wildman–Crippen MR) is 125 cm³/mol. The minimum atomic E-state index is -0.510. The molecule has 173 valence electrons. The second-order valence-corrected chi connectivity index (χ2v) is 10.8. The van der Waals surface area contributed by atoms with Gasteiger partial charge in [0.25, 0.3) is 7.48 Å². The molecule has 0 aromatic heterocycles. The highest BCUT2D eigenvalue weighted by molar-refractivity contribution is 6.30. The van der Waals surface area contributed by atoms with E-state index < -0.39 is 5.60 Å². The van der Waals surface area contributed by atoms with Crippen LogP contribution >= 0.6 is 0 Å². The van der Waals surface area contributed by atoms with E-state index in [0.717, 1.165) is 13.2 Å². The van der Waals surface area contributed by atoms with Gasteiger partial charge in [-0.15, -0.1) is 0 Å². The molecule has 0 spiro atoms. The van der Waals surface area contributed by atoms with E-state index >= 15 is 0 Å². The molecule has 0 bridgehead atoms. The molecule has 6 heteroatoms. The summed E-state index contributed by atoms with van der Waals surface area (Å²) in [5.74, 6) is 1.77. The topological polar surface area (TPSA) is 50.8 Å². The average Bonchev–Trinajstić information content (AvgIpc) is 2.74. The van der Waals surface area contributed by atoms with Crippen molar-refractivity contribution in [3.63, 3.8) is 0 Å². The van der Waals surface area contributed by atoms with E-state index in [0.29, 0.717) is 23.8 Å². The van der Waals surface area contributed by atoms with E-state index in [9.17, 15) is 4.79 Å². The van der Waals surface area contributed by atoms with Gasteiger partial charge in [-0.1, -0.05) is 59.3 Å². The second-order valence-electron chi connectivity index (χ2n) is 10.8. The monoisotopic (exact) mass is 421 g/mol. The van der Waals surface area contributed by atoms with Gasteiger partial charge in [0.1, 0.15) is 5.60 Å². The van der Waals surface area contributed by atoms with Crippen molar-refractivity contribution in [2.24, 2.45) is 17.8 Å². The second kappa shape index (κ2) is 11.8. The fourth-order valence-corrected chi connectivity index (χ4v) is 5.15. The summed E-state index contributed by atoms with van der Waals surface area (Å²) in [5.41, 5.74) is -0.510. The summed E-state index contributed by atoms with van der Waals surface area (Å²) in [6.45, 7) is 16.4. The van der Waals surface area contributed by atoms with Gasteiger partial charge in [0.15, 0.2) is 0 Å².